The topological polar surface area (TPSA) is 64.3 Å². The van der Waals surface area contributed by atoms with Crippen molar-refractivity contribution in [1.29, 1.82) is 0 Å². The van der Waals surface area contributed by atoms with Gasteiger partial charge in [-0.25, -0.2) is 4.39 Å². The summed E-state index contributed by atoms with van der Waals surface area (Å²) >= 11 is 4.77. The highest BCUT2D eigenvalue weighted by atomic mass is 32.1. The van der Waals surface area contributed by atoms with Gasteiger partial charge < -0.3 is 15.8 Å². The fraction of sp³-hybridized carbons (Fsp3) is 0.467. The van der Waals surface area contributed by atoms with E-state index in [1.165, 1.54) is 12.1 Å². The van der Waals surface area contributed by atoms with Gasteiger partial charge in [-0.15, -0.1) is 0 Å². The summed E-state index contributed by atoms with van der Waals surface area (Å²) in [7, 11) is 0. The third-order valence-corrected chi connectivity index (χ3v) is 3.47. The van der Waals surface area contributed by atoms with Crippen molar-refractivity contribution in [2.45, 2.75) is 45.8 Å². The highest BCUT2D eigenvalue weighted by Gasteiger charge is 2.23. The van der Waals surface area contributed by atoms with E-state index in [1.807, 2.05) is 20.8 Å². The maximum Gasteiger partial charge on any atom is 0.261 e. The Balaban J connectivity index is 2.77. The van der Waals surface area contributed by atoms with Crippen LogP contribution in [0.5, 0.6) is 5.75 Å². The molecule has 0 aliphatic carbocycles. The molecule has 21 heavy (non-hydrogen) atoms. The molecule has 1 rings (SSSR count). The van der Waals surface area contributed by atoms with Crippen molar-refractivity contribution in [3.8, 4) is 5.75 Å². The number of hydrogen-bond acceptors (Lipinski definition) is 3. The number of amides is 1. The number of thiocarbonyl (C=S) groups is 1. The van der Waals surface area contributed by atoms with Crippen molar-refractivity contribution in [2.75, 3.05) is 0 Å². The first-order chi connectivity index (χ1) is 9.66. The number of nitrogens with two attached hydrogens (primary N) is 1. The molecule has 1 amide bonds. The molecule has 0 aliphatic rings. The Labute approximate surface area is 129 Å². The molecule has 0 fully saturated rings. The van der Waals surface area contributed by atoms with Gasteiger partial charge in [0.05, 0.1) is 0 Å². The molecule has 0 bridgehead atoms. The first kappa shape index (κ1) is 17.4. The summed E-state index contributed by atoms with van der Waals surface area (Å²) in [6.45, 7) is 7.37. The molecule has 4 nitrogen and oxygen atoms in total. The van der Waals surface area contributed by atoms with Crippen molar-refractivity contribution in [3.63, 3.8) is 0 Å². The van der Waals surface area contributed by atoms with Crippen LogP contribution >= 0.6 is 12.2 Å². The first-order valence-electron chi connectivity index (χ1n) is 6.74. The van der Waals surface area contributed by atoms with E-state index >= 15 is 0 Å². The van der Waals surface area contributed by atoms with Crippen LogP contribution < -0.4 is 15.8 Å². The van der Waals surface area contributed by atoms with E-state index in [-0.39, 0.29) is 22.2 Å². The maximum atomic E-state index is 13.9. The van der Waals surface area contributed by atoms with Crippen LogP contribution in [-0.2, 0) is 4.79 Å². The molecule has 3 N–H and O–H groups in total. The van der Waals surface area contributed by atoms with Crippen molar-refractivity contribution in [3.05, 3.63) is 29.6 Å². The van der Waals surface area contributed by atoms with Crippen molar-refractivity contribution in [2.24, 2.45) is 5.73 Å². The van der Waals surface area contributed by atoms with Gasteiger partial charge in [0.15, 0.2) is 17.7 Å². The largest absolute Gasteiger partial charge is 0.478 e. The number of hydrogen-bond donors (Lipinski definition) is 2. The molecule has 1 aromatic carbocycles. The summed E-state index contributed by atoms with van der Waals surface area (Å²) < 4.78 is 19.2. The van der Waals surface area contributed by atoms with E-state index in [4.69, 9.17) is 22.7 Å². The predicted molar refractivity (Wildman–Crippen MR) is 84.9 cm³/mol. The molecule has 0 radical (unpaired) electrons. The Kier molecular flexibility index (Phi) is 5.66. The fourth-order valence-electron chi connectivity index (χ4n) is 1.52. The van der Waals surface area contributed by atoms with Gasteiger partial charge in [-0.1, -0.05) is 19.1 Å². The Morgan fingerprint density at radius 1 is 1.52 bits per heavy atom. The van der Waals surface area contributed by atoms with Crippen LogP contribution in [0.2, 0.25) is 0 Å². The second-order valence-electron chi connectivity index (χ2n) is 5.50. The van der Waals surface area contributed by atoms with Gasteiger partial charge in [0, 0.05) is 11.1 Å². The number of ether oxygens (including phenoxy) is 1. The van der Waals surface area contributed by atoms with Crippen LogP contribution in [0.25, 0.3) is 0 Å². The number of carbonyl (C=O) groups is 1. The molecule has 0 saturated heterocycles. The van der Waals surface area contributed by atoms with E-state index in [9.17, 15) is 9.18 Å². The number of nitrogens with one attached hydrogen (secondary N) is 1. The van der Waals surface area contributed by atoms with Crippen molar-refractivity contribution in [1.82, 2.24) is 5.32 Å². The highest BCUT2D eigenvalue weighted by molar-refractivity contribution is 7.80. The standard InChI is InChI=1S/C15H21FN2O2S/c1-5-15(3,4)18-14(19)9(2)20-12-7-6-10(13(17)21)8-11(12)16/h6-9H,5H2,1-4H3,(H2,17,21)(H,18,19). The van der Waals surface area contributed by atoms with Gasteiger partial charge >= 0.3 is 0 Å². The smallest absolute Gasteiger partial charge is 0.261 e. The van der Waals surface area contributed by atoms with Crippen molar-refractivity contribution >= 4 is 23.1 Å². The zero-order valence-corrected chi connectivity index (χ0v) is 13.5. The van der Waals surface area contributed by atoms with Gasteiger partial charge in [-0.2, -0.15) is 0 Å². The average molecular weight is 312 g/mol. The van der Waals surface area contributed by atoms with Crippen LogP contribution in [0.3, 0.4) is 0 Å². The van der Waals surface area contributed by atoms with Gasteiger partial charge in [0.25, 0.3) is 5.91 Å². The molecular formula is C15H21FN2O2S. The molecule has 0 aliphatic heterocycles. The SMILES string of the molecule is CCC(C)(C)NC(=O)C(C)Oc1ccc(C(N)=S)cc1F. The molecule has 0 spiro atoms. The lowest BCUT2D eigenvalue weighted by Crippen LogP contribution is -2.48. The average Bonchev–Trinajstić information content (AvgIpc) is 2.40. The molecule has 6 heteroatoms. The van der Waals surface area contributed by atoms with E-state index in [2.05, 4.69) is 5.32 Å². The third-order valence-electron chi connectivity index (χ3n) is 3.23. The summed E-state index contributed by atoms with van der Waals surface area (Å²) in [6.07, 6.45) is -0.0244. The number of benzene rings is 1. The van der Waals surface area contributed by atoms with Gasteiger partial charge in [0.1, 0.15) is 4.99 Å². The summed E-state index contributed by atoms with van der Waals surface area (Å²) in [5.74, 6) is -0.902. The van der Waals surface area contributed by atoms with Gasteiger partial charge in [-0.05, 0) is 45.4 Å². The minimum Gasteiger partial charge on any atom is -0.478 e. The lowest BCUT2D eigenvalue weighted by molar-refractivity contribution is -0.129. The van der Waals surface area contributed by atoms with Crippen molar-refractivity contribution < 1.29 is 13.9 Å². The normalized spacial score (nSPS) is 12.6. The summed E-state index contributed by atoms with van der Waals surface area (Å²) in [4.78, 5) is 12.1. The minimum atomic E-state index is -0.805. The molecule has 0 aromatic heterocycles. The lowest BCUT2D eigenvalue weighted by Gasteiger charge is -2.26. The molecular weight excluding hydrogens is 291 g/mol. The Morgan fingerprint density at radius 2 is 2.14 bits per heavy atom. The van der Waals surface area contributed by atoms with Crippen LogP contribution in [0.15, 0.2) is 18.2 Å². The summed E-state index contributed by atoms with van der Waals surface area (Å²) in [5.41, 5.74) is 5.51. The summed E-state index contributed by atoms with van der Waals surface area (Å²) in [6, 6.07) is 4.16. The monoisotopic (exact) mass is 312 g/mol. The van der Waals surface area contributed by atoms with Gasteiger partial charge in [0.2, 0.25) is 0 Å². The Bertz CT molecular complexity index is 546. The highest BCUT2D eigenvalue weighted by Crippen LogP contribution is 2.20. The Morgan fingerprint density at radius 3 is 2.62 bits per heavy atom. The molecule has 1 unspecified atom stereocenters. The molecule has 0 heterocycles. The van der Waals surface area contributed by atoms with Crippen LogP contribution in [0.4, 0.5) is 4.39 Å². The zero-order valence-electron chi connectivity index (χ0n) is 12.7. The van der Waals surface area contributed by atoms with Crippen LogP contribution in [0, 0.1) is 5.82 Å². The van der Waals surface area contributed by atoms with E-state index in [1.54, 1.807) is 13.0 Å². The first-order valence-corrected chi connectivity index (χ1v) is 7.15. The maximum absolute atomic E-state index is 13.9. The zero-order chi connectivity index (χ0) is 16.2. The fourth-order valence-corrected chi connectivity index (χ4v) is 1.64. The van der Waals surface area contributed by atoms with Gasteiger partial charge in [-0.3, -0.25) is 4.79 Å². The molecule has 1 aromatic rings. The second kappa shape index (κ2) is 6.85. The number of carbonyl (C=O) groups excluding carboxylic acids is 1. The number of rotatable bonds is 6. The van der Waals surface area contributed by atoms with E-state index in [0.717, 1.165) is 6.42 Å². The minimum absolute atomic E-state index is 0.00745. The van der Waals surface area contributed by atoms with E-state index < -0.39 is 11.9 Å². The third kappa shape index (κ3) is 4.97. The Hall–Kier alpha value is -1.69. The predicted octanol–water partition coefficient (Wildman–Crippen LogP) is 2.53. The molecule has 1 atom stereocenters. The number of halogens is 1. The van der Waals surface area contributed by atoms with Crippen LogP contribution in [0.1, 0.15) is 39.7 Å². The second-order valence-corrected chi connectivity index (χ2v) is 5.94. The quantitative estimate of drug-likeness (QED) is 0.792. The van der Waals surface area contributed by atoms with Crippen LogP contribution in [-0.4, -0.2) is 22.5 Å². The molecule has 116 valence electrons. The molecule has 0 saturated carbocycles. The van der Waals surface area contributed by atoms with E-state index in [0.29, 0.717) is 5.56 Å². The lowest BCUT2D eigenvalue weighted by atomic mass is 10.0. The summed E-state index contributed by atoms with van der Waals surface area (Å²) in [5, 5.41) is 2.85.